The average molecular weight is 407 g/mol. The molecule has 0 saturated heterocycles. The van der Waals surface area contributed by atoms with Gasteiger partial charge < -0.3 is 10.1 Å². The van der Waals surface area contributed by atoms with Crippen LogP contribution in [0, 0.1) is 5.92 Å². The van der Waals surface area contributed by atoms with Gasteiger partial charge in [-0.3, -0.25) is 14.5 Å². The van der Waals surface area contributed by atoms with Crippen molar-refractivity contribution in [1.82, 2.24) is 10.0 Å². The maximum atomic E-state index is 12.5. The molecule has 1 heterocycles. The molecule has 2 aliphatic rings. The Morgan fingerprint density at radius 3 is 2.61 bits per heavy atom. The molecule has 0 spiro atoms. The minimum atomic E-state index is -3.69. The number of fused-ring (bicyclic) bond motifs is 1. The molecule has 8 nitrogen and oxygen atoms in total. The summed E-state index contributed by atoms with van der Waals surface area (Å²) in [4.78, 5) is 28.9. The molecule has 0 aromatic heterocycles. The van der Waals surface area contributed by atoms with E-state index in [9.17, 15) is 18.0 Å². The second kappa shape index (κ2) is 8.30. The van der Waals surface area contributed by atoms with Crippen LogP contribution >= 0.6 is 0 Å². The number of carbonyl (C=O) groups is 2. The largest absolute Gasteiger partial charge is 0.454 e. The molecule has 1 aliphatic heterocycles. The third kappa shape index (κ3) is 4.52. The number of amidine groups is 1. The fraction of sp³-hybridized carbons (Fsp3) is 0.526. The summed E-state index contributed by atoms with van der Waals surface area (Å²) < 4.78 is 31.9. The number of aliphatic imine (C=N–C) groups is 1. The number of hydrogen-bond donors (Lipinski definition) is 2. The molecule has 1 amide bonds. The molecule has 1 atom stereocenters. The highest BCUT2D eigenvalue weighted by Gasteiger charge is 2.33. The van der Waals surface area contributed by atoms with Gasteiger partial charge in [-0.15, -0.1) is 0 Å². The van der Waals surface area contributed by atoms with Crippen molar-refractivity contribution in [3.63, 3.8) is 0 Å². The van der Waals surface area contributed by atoms with Crippen LogP contribution in [0.2, 0.25) is 0 Å². The van der Waals surface area contributed by atoms with Crippen LogP contribution in [0.5, 0.6) is 0 Å². The van der Waals surface area contributed by atoms with Crippen molar-refractivity contribution in [3.05, 3.63) is 29.8 Å². The number of nitrogens with one attached hydrogen (secondary N) is 2. The first kappa shape index (κ1) is 20.3. The molecule has 9 heteroatoms. The molecule has 0 unspecified atom stereocenters. The Morgan fingerprint density at radius 2 is 1.93 bits per heavy atom. The van der Waals surface area contributed by atoms with Crippen LogP contribution < -0.4 is 10.0 Å². The molecule has 1 aromatic carbocycles. The van der Waals surface area contributed by atoms with Gasteiger partial charge in [-0.1, -0.05) is 38.8 Å². The van der Waals surface area contributed by atoms with E-state index in [4.69, 9.17) is 4.74 Å². The van der Waals surface area contributed by atoms with Crippen LogP contribution in [0.1, 0.15) is 45.1 Å². The summed E-state index contributed by atoms with van der Waals surface area (Å²) in [6, 6.07) is 5.66. The molecule has 2 N–H and O–H groups in total. The van der Waals surface area contributed by atoms with Crippen LogP contribution in [-0.2, 0) is 24.3 Å². The predicted molar refractivity (Wildman–Crippen MR) is 103 cm³/mol. The summed E-state index contributed by atoms with van der Waals surface area (Å²) in [5.74, 6) is -1.12. The molecule has 1 aromatic rings. The number of nitrogens with zero attached hydrogens (tertiary/aromatic N) is 1. The Kier molecular flexibility index (Phi) is 6.02. The van der Waals surface area contributed by atoms with E-state index in [0.29, 0.717) is 5.56 Å². The summed E-state index contributed by atoms with van der Waals surface area (Å²) in [5, 5.41) is 2.86. The van der Waals surface area contributed by atoms with Gasteiger partial charge in [-0.2, -0.15) is 0 Å². The van der Waals surface area contributed by atoms with Gasteiger partial charge >= 0.3 is 5.97 Å². The first-order chi connectivity index (χ1) is 13.3. The molecule has 0 bridgehead atoms. The first-order valence-corrected chi connectivity index (χ1v) is 10.9. The lowest BCUT2D eigenvalue weighted by atomic mass is 10.1. The van der Waals surface area contributed by atoms with Crippen molar-refractivity contribution >= 4 is 27.7 Å². The standard InChI is InChI=1S/C19H25N3O5S/c1-12(2)17(19(24)27-11-16(23)20-13-7-3-4-8-13)21-18-14-9-5-6-10-15(14)28(25,26)22-18/h5-6,9-10,12-13,17H,3-4,7-8,11H2,1-2H3,(H,20,23)(H,21,22)/t17-/m0/s1. The zero-order valence-corrected chi connectivity index (χ0v) is 16.8. The van der Waals surface area contributed by atoms with E-state index >= 15 is 0 Å². The average Bonchev–Trinajstić information content (AvgIpc) is 3.24. The topological polar surface area (TPSA) is 114 Å². The SMILES string of the molecule is CC(C)[C@H](N=C1NS(=O)(=O)c2ccccc21)C(=O)OCC(=O)NC1CCCC1. The normalized spacial score (nSPS) is 20.6. The van der Waals surface area contributed by atoms with Crippen LogP contribution in [-0.4, -0.2) is 44.8 Å². The van der Waals surface area contributed by atoms with E-state index in [0.717, 1.165) is 25.7 Å². The summed E-state index contributed by atoms with van der Waals surface area (Å²) in [6.45, 7) is 3.19. The fourth-order valence-electron chi connectivity index (χ4n) is 3.40. The van der Waals surface area contributed by atoms with E-state index in [-0.39, 0.29) is 35.2 Å². The third-order valence-electron chi connectivity index (χ3n) is 4.87. The van der Waals surface area contributed by atoms with E-state index in [1.54, 1.807) is 32.0 Å². The lowest BCUT2D eigenvalue weighted by Gasteiger charge is -2.17. The van der Waals surface area contributed by atoms with Crippen LogP contribution in [0.4, 0.5) is 0 Å². The zero-order chi connectivity index (χ0) is 20.3. The zero-order valence-electron chi connectivity index (χ0n) is 16.0. The molecule has 0 radical (unpaired) electrons. The molecule has 1 saturated carbocycles. The fourth-order valence-corrected chi connectivity index (χ4v) is 4.64. The first-order valence-electron chi connectivity index (χ1n) is 9.44. The van der Waals surface area contributed by atoms with E-state index < -0.39 is 22.0 Å². The Balaban J connectivity index is 1.69. The molecule has 1 aliphatic carbocycles. The number of carbonyl (C=O) groups excluding carboxylic acids is 2. The van der Waals surface area contributed by atoms with Gasteiger partial charge in [0.1, 0.15) is 5.84 Å². The summed E-state index contributed by atoms with van der Waals surface area (Å²) in [6.07, 6.45) is 4.08. The minimum absolute atomic E-state index is 0.113. The summed E-state index contributed by atoms with van der Waals surface area (Å²) in [5.41, 5.74) is 0.417. The number of amides is 1. The number of sulfonamides is 1. The molecule has 28 heavy (non-hydrogen) atoms. The van der Waals surface area contributed by atoms with Gasteiger partial charge in [0.2, 0.25) is 0 Å². The molecule has 1 fully saturated rings. The predicted octanol–water partition coefficient (Wildman–Crippen LogP) is 1.35. The lowest BCUT2D eigenvalue weighted by molar-refractivity contribution is -0.150. The second-order valence-corrected chi connectivity index (χ2v) is 9.08. The van der Waals surface area contributed by atoms with Crippen molar-refractivity contribution in [3.8, 4) is 0 Å². The molecular formula is C19H25N3O5S. The van der Waals surface area contributed by atoms with Crippen molar-refractivity contribution in [2.45, 2.75) is 56.5 Å². The quantitative estimate of drug-likeness (QED) is 0.691. The smallest absolute Gasteiger partial charge is 0.331 e. The van der Waals surface area contributed by atoms with E-state index in [2.05, 4.69) is 15.0 Å². The highest BCUT2D eigenvalue weighted by atomic mass is 32.2. The van der Waals surface area contributed by atoms with Gasteiger partial charge in [0.15, 0.2) is 12.6 Å². The van der Waals surface area contributed by atoms with Crippen molar-refractivity contribution in [2.75, 3.05) is 6.61 Å². The maximum Gasteiger partial charge on any atom is 0.331 e. The Labute approximate surface area is 164 Å². The van der Waals surface area contributed by atoms with Crippen LogP contribution in [0.25, 0.3) is 0 Å². The maximum absolute atomic E-state index is 12.5. The third-order valence-corrected chi connectivity index (χ3v) is 6.27. The van der Waals surface area contributed by atoms with Crippen molar-refractivity contribution < 1.29 is 22.7 Å². The highest BCUT2D eigenvalue weighted by Crippen LogP contribution is 2.23. The van der Waals surface area contributed by atoms with E-state index in [1.165, 1.54) is 6.07 Å². The molecular weight excluding hydrogens is 382 g/mol. The van der Waals surface area contributed by atoms with Crippen LogP contribution in [0.15, 0.2) is 34.2 Å². The van der Waals surface area contributed by atoms with Crippen molar-refractivity contribution in [2.24, 2.45) is 10.9 Å². The Morgan fingerprint density at radius 1 is 1.25 bits per heavy atom. The minimum Gasteiger partial charge on any atom is -0.454 e. The van der Waals surface area contributed by atoms with Gasteiger partial charge in [0.05, 0.1) is 4.90 Å². The number of hydrogen-bond acceptors (Lipinski definition) is 6. The number of esters is 1. The van der Waals surface area contributed by atoms with Crippen molar-refractivity contribution in [1.29, 1.82) is 0 Å². The monoisotopic (exact) mass is 407 g/mol. The Bertz CT molecular complexity index is 889. The highest BCUT2D eigenvalue weighted by molar-refractivity contribution is 7.90. The van der Waals surface area contributed by atoms with Gasteiger partial charge in [-0.25, -0.2) is 13.2 Å². The number of benzene rings is 1. The van der Waals surface area contributed by atoms with Gasteiger partial charge in [-0.05, 0) is 30.9 Å². The molecule has 3 rings (SSSR count). The molecule has 152 valence electrons. The van der Waals surface area contributed by atoms with Crippen LogP contribution in [0.3, 0.4) is 0 Å². The number of ether oxygens (including phenoxy) is 1. The summed E-state index contributed by atoms with van der Waals surface area (Å²) in [7, 11) is -3.69. The lowest BCUT2D eigenvalue weighted by Crippen LogP contribution is -2.38. The van der Waals surface area contributed by atoms with Gasteiger partial charge in [0, 0.05) is 11.6 Å². The number of rotatable bonds is 6. The van der Waals surface area contributed by atoms with Gasteiger partial charge in [0.25, 0.3) is 15.9 Å². The second-order valence-electron chi connectivity index (χ2n) is 7.42. The van der Waals surface area contributed by atoms with E-state index in [1.807, 2.05) is 0 Å². The Hall–Kier alpha value is -2.42. The summed E-state index contributed by atoms with van der Waals surface area (Å²) >= 11 is 0.